The molecular weight excluding hydrogens is 391 g/mol. The monoisotopic (exact) mass is 414 g/mol. The molecule has 1 aliphatic heterocycles. The molecule has 0 aromatic heterocycles. The van der Waals surface area contributed by atoms with E-state index in [0.717, 1.165) is 32.8 Å². The first-order chi connectivity index (χ1) is 14.8. The topological polar surface area (TPSA) is 49.4 Å². The Hall–Kier alpha value is -3.73. The molecule has 2 amide bonds. The van der Waals surface area contributed by atoms with Gasteiger partial charge in [0.1, 0.15) is 11.5 Å². The highest BCUT2D eigenvalue weighted by Crippen LogP contribution is 2.35. The fourth-order valence-corrected chi connectivity index (χ4v) is 3.67. The van der Waals surface area contributed by atoms with Crippen molar-refractivity contribution < 1.29 is 14.0 Å². The highest BCUT2D eigenvalue weighted by molar-refractivity contribution is 6.46. The first-order valence-corrected chi connectivity index (χ1v) is 10.1. The van der Waals surface area contributed by atoms with Crippen molar-refractivity contribution in [3.8, 4) is 0 Å². The van der Waals surface area contributed by atoms with Crippen LogP contribution in [0, 0.1) is 33.5 Å². The van der Waals surface area contributed by atoms with Crippen LogP contribution < -0.4 is 10.2 Å². The second-order valence-corrected chi connectivity index (χ2v) is 7.92. The van der Waals surface area contributed by atoms with E-state index in [1.807, 2.05) is 64.1 Å². The minimum Gasteiger partial charge on any atom is -0.350 e. The van der Waals surface area contributed by atoms with Gasteiger partial charge in [0.2, 0.25) is 0 Å². The Morgan fingerprint density at radius 1 is 0.774 bits per heavy atom. The summed E-state index contributed by atoms with van der Waals surface area (Å²) in [5.74, 6) is -1.50. The molecule has 5 heteroatoms. The summed E-state index contributed by atoms with van der Waals surface area (Å²) in [5.41, 5.74) is 6.14. The van der Waals surface area contributed by atoms with Gasteiger partial charge in [-0.15, -0.1) is 0 Å². The Morgan fingerprint density at radius 2 is 1.52 bits per heavy atom. The van der Waals surface area contributed by atoms with E-state index in [-0.39, 0.29) is 17.0 Å². The van der Waals surface area contributed by atoms with Gasteiger partial charge in [0, 0.05) is 5.69 Å². The highest BCUT2D eigenvalue weighted by Gasteiger charge is 2.40. The molecule has 0 spiro atoms. The van der Waals surface area contributed by atoms with Crippen molar-refractivity contribution in [1.82, 2.24) is 0 Å². The highest BCUT2D eigenvalue weighted by atomic mass is 19.1. The van der Waals surface area contributed by atoms with Crippen LogP contribution in [0.5, 0.6) is 0 Å². The van der Waals surface area contributed by atoms with Crippen LogP contribution in [0.15, 0.2) is 66.4 Å². The number of halogens is 1. The van der Waals surface area contributed by atoms with Crippen LogP contribution >= 0.6 is 0 Å². The maximum Gasteiger partial charge on any atom is 0.282 e. The van der Waals surface area contributed by atoms with Crippen LogP contribution in [0.4, 0.5) is 15.8 Å². The van der Waals surface area contributed by atoms with Crippen molar-refractivity contribution >= 4 is 28.8 Å². The maximum atomic E-state index is 13.9. The Balaban J connectivity index is 1.88. The Kier molecular flexibility index (Phi) is 5.19. The first kappa shape index (κ1) is 20.5. The van der Waals surface area contributed by atoms with Crippen LogP contribution in [0.2, 0.25) is 0 Å². The predicted octanol–water partition coefficient (Wildman–Crippen LogP) is 5.46. The van der Waals surface area contributed by atoms with Crippen molar-refractivity contribution in [2.45, 2.75) is 27.7 Å². The van der Waals surface area contributed by atoms with Crippen molar-refractivity contribution in [3.05, 3.63) is 100.0 Å². The maximum absolute atomic E-state index is 13.9. The van der Waals surface area contributed by atoms with Crippen molar-refractivity contribution in [1.29, 1.82) is 0 Å². The number of carbonyl (C=O) groups excluding carboxylic acids is 2. The minimum atomic E-state index is -0.512. The number of anilines is 2. The number of rotatable bonds is 4. The van der Waals surface area contributed by atoms with E-state index in [1.165, 1.54) is 18.2 Å². The fourth-order valence-electron chi connectivity index (χ4n) is 3.67. The summed E-state index contributed by atoms with van der Waals surface area (Å²) in [5, 5.41) is 3.20. The molecule has 0 fully saturated rings. The number of nitrogens with one attached hydrogen (secondary N) is 1. The summed E-state index contributed by atoms with van der Waals surface area (Å²) < 4.78 is 13.9. The molecule has 0 saturated carbocycles. The number of hydrogen-bond donors (Lipinski definition) is 1. The molecule has 1 N–H and O–H groups in total. The largest absolute Gasteiger partial charge is 0.350 e. The lowest BCUT2D eigenvalue weighted by Gasteiger charge is -2.16. The molecule has 0 bridgehead atoms. The lowest BCUT2D eigenvalue weighted by atomic mass is 9.99. The van der Waals surface area contributed by atoms with Crippen LogP contribution in [0.25, 0.3) is 5.57 Å². The average Bonchev–Trinajstić information content (AvgIpc) is 2.96. The number of nitrogens with zero attached hydrogens (tertiary/aromatic N) is 1. The van der Waals surface area contributed by atoms with Gasteiger partial charge in [0.05, 0.1) is 11.3 Å². The Labute approximate surface area is 181 Å². The van der Waals surface area contributed by atoms with Crippen molar-refractivity contribution in [3.63, 3.8) is 0 Å². The molecular formula is C26H23FN2O2. The normalized spacial score (nSPS) is 13.9. The number of amides is 2. The van der Waals surface area contributed by atoms with Gasteiger partial charge < -0.3 is 5.32 Å². The van der Waals surface area contributed by atoms with Crippen LogP contribution in [-0.4, -0.2) is 11.8 Å². The van der Waals surface area contributed by atoms with Crippen LogP contribution in [0.3, 0.4) is 0 Å². The third-order valence-corrected chi connectivity index (χ3v) is 5.60. The molecule has 0 radical (unpaired) electrons. The molecule has 1 aliphatic rings. The average molecular weight is 414 g/mol. The molecule has 1 heterocycles. The fraction of sp³-hybridized carbons (Fsp3) is 0.154. The van der Waals surface area contributed by atoms with Gasteiger partial charge in [-0.25, -0.2) is 9.29 Å². The van der Waals surface area contributed by atoms with Gasteiger partial charge in [0.25, 0.3) is 11.8 Å². The van der Waals surface area contributed by atoms with Gasteiger partial charge in [-0.2, -0.15) is 0 Å². The molecule has 0 unspecified atom stereocenters. The van der Waals surface area contributed by atoms with E-state index in [1.54, 1.807) is 6.07 Å². The summed E-state index contributed by atoms with van der Waals surface area (Å²) in [6, 6.07) is 17.0. The molecule has 0 aliphatic carbocycles. The van der Waals surface area contributed by atoms with Gasteiger partial charge in [-0.1, -0.05) is 36.4 Å². The van der Waals surface area contributed by atoms with Crippen LogP contribution in [-0.2, 0) is 9.59 Å². The molecule has 3 aromatic carbocycles. The minimum absolute atomic E-state index is 0.186. The third-order valence-electron chi connectivity index (χ3n) is 5.60. The van der Waals surface area contributed by atoms with E-state index >= 15 is 0 Å². The number of benzene rings is 3. The molecule has 4 nitrogen and oxygen atoms in total. The quantitative estimate of drug-likeness (QED) is 0.577. The second-order valence-electron chi connectivity index (χ2n) is 7.92. The summed E-state index contributed by atoms with van der Waals surface area (Å²) >= 11 is 0. The van der Waals surface area contributed by atoms with Gasteiger partial charge >= 0.3 is 0 Å². The van der Waals surface area contributed by atoms with E-state index in [4.69, 9.17) is 0 Å². The van der Waals surface area contributed by atoms with Gasteiger partial charge in [0.15, 0.2) is 0 Å². The third kappa shape index (κ3) is 3.75. The Morgan fingerprint density at radius 3 is 2.23 bits per heavy atom. The Bertz CT molecular complexity index is 1260. The summed E-state index contributed by atoms with van der Waals surface area (Å²) in [6.07, 6.45) is 0. The molecule has 3 aromatic rings. The lowest BCUT2D eigenvalue weighted by molar-refractivity contribution is -0.120. The zero-order valence-corrected chi connectivity index (χ0v) is 17.9. The summed E-state index contributed by atoms with van der Waals surface area (Å²) in [6.45, 7) is 7.85. The molecule has 31 heavy (non-hydrogen) atoms. The summed E-state index contributed by atoms with van der Waals surface area (Å²) in [4.78, 5) is 27.9. The zero-order chi connectivity index (χ0) is 22.3. The van der Waals surface area contributed by atoms with Gasteiger partial charge in [-0.3, -0.25) is 9.59 Å². The van der Waals surface area contributed by atoms with E-state index in [2.05, 4.69) is 5.32 Å². The molecule has 4 rings (SSSR count). The standard InChI is InChI=1S/C26H23FN2O2/c1-15-8-9-17(3)22(12-15)28-24-23(19-11-10-16(2)18(4)13-19)25(30)29(26(24)31)21-7-5-6-20(27)14-21/h5-14,28H,1-4H3. The molecule has 0 atom stereocenters. The number of imide groups is 1. The van der Waals surface area contributed by atoms with E-state index < -0.39 is 17.6 Å². The predicted molar refractivity (Wildman–Crippen MR) is 121 cm³/mol. The molecule has 0 saturated heterocycles. The number of aryl methyl sites for hydroxylation is 4. The number of carbonyl (C=O) groups is 2. The van der Waals surface area contributed by atoms with Crippen molar-refractivity contribution in [2.75, 3.05) is 10.2 Å². The SMILES string of the molecule is Cc1ccc(C)c(NC2=C(c3ccc(C)c(C)c3)C(=O)N(c3cccc(F)c3)C2=O)c1. The smallest absolute Gasteiger partial charge is 0.282 e. The van der Waals surface area contributed by atoms with Crippen LogP contribution in [0.1, 0.15) is 27.8 Å². The van der Waals surface area contributed by atoms with E-state index in [0.29, 0.717) is 5.56 Å². The van der Waals surface area contributed by atoms with Gasteiger partial charge in [-0.05, 0) is 79.8 Å². The van der Waals surface area contributed by atoms with Crippen molar-refractivity contribution in [2.24, 2.45) is 0 Å². The first-order valence-electron chi connectivity index (χ1n) is 10.1. The second kappa shape index (κ2) is 7.84. The molecule has 156 valence electrons. The number of hydrogen-bond acceptors (Lipinski definition) is 3. The lowest BCUT2D eigenvalue weighted by Crippen LogP contribution is -2.32. The summed E-state index contributed by atoms with van der Waals surface area (Å²) in [7, 11) is 0. The zero-order valence-electron chi connectivity index (χ0n) is 17.9. The van der Waals surface area contributed by atoms with E-state index in [9.17, 15) is 14.0 Å².